The Balaban J connectivity index is 0.00000121. The van der Waals surface area contributed by atoms with Gasteiger partial charge in [-0.25, -0.2) is 9.13 Å². The molecule has 0 atom stereocenters. The van der Waals surface area contributed by atoms with Gasteiger partial charge in [0.15, 0.2) is 37.9 Å². The van der Waals surface area contributed by atoms with Crippen molar-refractivity contribution in [1.82, 2.24) is 0 Å². The number of hydrogen-bond acceptors (Lipinski definition) is 0. The molecule has 0 bridgehead atoms. The van der Waals surface area contributed by atoms with Crippen molar-refractivity contribution in [3.05, 3.63) is 97.6 Å². The Morgan fingerprint density at radius 2 is 0.923 bits per heavy atom. The molecule has 0 radical (unpaired) electrons. The zero-order valence-corrected chi connectivity index (χ0v) is 15.8. The molecule has 0 aliphatic heterocycles. The molecule has 0 amide bonds. The minimum absolute atomic E-state index is 0. The number of pyridine rings is 2. The minimum Gasteiger partial charge on any atom is -1.00 e. The highest BCUT2D eigenvalue weighted by Crippen LogP contribution is 2.10. The van der Waals surface area contributed by atoms with Gasteiger partial charge in [-0.3, -0.25) is 0 Å². The van der Waals surface area contributed by atoms with Crippen molar-refractivity contribution in [3.63, 3.8) is 0 Å². The Morgan fingerprint density at radius 1 is 0.538 bits per heavy atom. The molecule has 2 nitrogen and oxygen atoms in total. The lowest BCUT2D eigenvalue weighted by Crippen LogP contribution is -3.00. The Hall–Kier alpha value is -2.42. The van der Waals surface area contributed by atoms with Gasteiger partial charge in [-0.05, 0) is 35.1 Å². The first-order valence-corrected chi connectivity index (χ1v) is 8.29. The monoisotopic (exact) mass is 382 g/mol. The summed E-state index contributed by atoms with van der Waals surface area (Å²) < 4.78 is 4.42. The Bertz CT molecular complexity index is 945. The van der Waals surface area contributed by atoms with Crippen LogP contribution in [-0.2, 0) is 13.1 Å². The second-order valence-electron chi connectivity index (χ2n) is 6.01. The molecule has 4 rings (SSSR count). The molecule has 4 heteroatoms. The predicted molar refractivity (Wildman–Crippen MR) is 97.4 cm³/mol. The van der Waals surface area contributed by atoms with Crippen molar-refractivity contribution in [2.45, 2.75) is 13.1 Å². The fourth-order valence-corrected chi connectivity index (χ4v) is 2.98. The van der Waals surface area contributed by atoms with Crippen molar-refractivity contribution in [1.29, 1.82) is 0 Å². The van der Waals surface area contributed by atoms with E-state index in [1.54, 1.807) is 0 Å². The molecular weight excluding hydrogens is 363 g/mol. The van der Waals surface area contributed by atoms with Crippen molar-refractivity contribution >= 4 is 21.5 Å². The summed E-state index contributed by atoms with van der Waals surface area (Å²) in [6.45, 7) is 1.78. The second-order valence-corrected chi connectivity index (χ2v) is 6.01. The quantitative estimate of drug-likeness (QED) is 0.280. The number of halogens is 2. The number of allylic oxidation sites excluding steroid dienone is 2. The number of rotatable bonds is 4. The number of fused-ring (bicyclic) bond motifs is 2. The van der Waals surface area contributed by atoms with Gasteiger partial charge in [0.1, 0.15) is 0 Å². The maximum absolute atomic E-state index is 2.22. The SMILES string of the molecule is C(=C/C[n+]1ccc2ccccc2c1)/C[n+]1ccc2ccccc2c1.[Cl-].[Cl-]. The van der Waals surface area contributed by atoms with E-state index in [1.165, 1.54) is 21.5 Å². The fraction of sp³-hybridized carbons (Fsp3) is 0.0909. The average molecular weight is 383 g/mol. The molecule has 0 saturated carbocycles. The third-order valence-electron chi connectivity index (χ3n) is 4.29. The van der Waals surface area contributed by atoms with Gasteiger partial charge in [0.05, 0.1) is 0 Å². The van der Waals surface area contributed by atoms with Crippen LogP contribution in [0.25, 0.3) is 21.5 Å². The van der Waals surface area contributed by atoms with Crippen LogP contribution >= 0.6 is 0 Å². The Labute approximate surface area is 166 Å². The molecule has 2 aromatic carbocycles. The number of hydrogen-bond donors (Lipinski definition) is 0. The molecule has 0 saturated heterocycles. The largest absolute Gasteiger partial charge is 1.00 e. The first-order chi connectivity index (χ1) is 11.9. The predicted octanol–water partition coefficient (Wildman–Crippen LogP) is -2.17. The van der Waals surface area contributed by atoms with Crippen LogP contribution in [0.15, 0.2) is 97.6 Å². The summed E-state index contributed by atoms with van der Waals surface area (Å²) in [7, 11) is 0. The normalized spacial score (nSPS) is 10.6. The van der Waals surface area contributed by atoms with Crippen LogP contribution in [0, 0.1) is 0 Å². The van der Waals surface area contributed by atoms with E-state index < -0.39 is 0 Å². The summed E-state index contributed by atoms with van der Waals surface area (Å²) in [5.74, 6) is 0. The van der Waals surface area contributed by atoms with E-state index in [0.717, 1.165) is 13.1 Å². The topological polar surface area (TPSA) is 7.76 Å². The maximum atomic E-state index is 2.22. The van der Waals surface area contributed by atoms with E-state index >= 15 is 0 Å². The molecule has 0 aliphatic rings. The van der Waals surface area contributed by atoms with Gasteiger partial charge in [-0.1, -0.05) is 36.4 Å². The second kappa shape index (κ2) is 9.33. The Kier molecular flexibility index (Phi) is 7.14. The molecule has 2 heterocycles. The molecule has 0 aliphatic carbocycles. The zero-order chi connectivity index (χ0) is 16.2. The molecule has 0 spiro atoms. The minimum atomic E-state index is 0. The van der Waals surface area contributed by atoms with Crippen LogP contribution in [0.2, 0.25) is 0 Å². The lowest BCUT2D eigenvalue weighted by molar-refractivity contribution is -0.689. The smallest absolute Gasteiger partial charge is 0.176 e. The fourth-order valence-electron chi connectivity index (χ4n) is 2.98. The summed E-state index contributed by atoms with van der Waals surface area (Å²) in [4.78, 5) is 0. The lowest BCUT2D eigenvalue weighted by Gasteiger charge is -1.97. The summed E-state index contributed by atoms with van der Waals surface area (Å²) in [5.41, 5.74) is 0. The van der Waals surface area contributed by atoms with E-state index in [1.807, 2.05) is 0 Å². The molecule has 132 valence electrons. The van der Waals surface area contributed by atoms with Crippen molar-refractivity contribution < 1.29 is 33.9 Å². The lowest BCUT2D eigenvalue weighted by atomic mass is 10.2. The standard InChI is InChI=1S/C22H20N2.2ClH/c1-3-9-21-17-23(15-11-19(21)7-1)13-5-6-14-24-16-12-20-8-2-4-10-22(20)18-24;;/h1-12,15-18H,13-14H2;2*1H/q+2;;/p-2/b6-5-;;. The van der Waals surface area contributed by atoms with Crippen LogP contribution in [-0.4, -0.2) is 0 Å². The Morgan fingerprint density at radius 3 is 1.35 bits per heavy atom. The molecule has 0 fully saturated rings. The zero-order valence-electron chi connectivity index (χ0n) is 14.3. The highest BCUT2D eigenvalue weighted by molar-refractivity contribution is 5.80. The molecule has 4 aromatic rings. The van der Waals surface area contributed by atoms with E-state index in [9.17, 15) is 0 Å². The highest BCUT2D eigenvalue weighted by Gasteiger charge is 2.02. The van der Waals surface area contributed by atoms with Crippen LogP contribution in [0.3, 0.4) is 0 Å². The van der Waals surface area contributed by atoms with Gasteiger partial charge in [-0.2, -0.15) is 0 Å². The van der Waals surface area contributed by atoms with Crippen LogP contribution in [0.5, 0.6) is 0 Å². The molecule has 0 unspecified atom stereocenters. The number of benzene rings is 2. The molecule has 26 heavy (non-hydrogen) atoms. The van der Waals surface area contributed by atoms with Gasteiger partial charge in [0.25, 0.3) is 0 Å². The highest BCUT2D eigenvalue weighted by atomic mass is 35.5. The van der Waals surface area contributed by atoms with Crippen molar-refractivity contribution in [2.75, 3.05) is 0 Å². The summed E-state index contributed by atoms with van der Waals surface area (Å²) >= 11 is 0. The van der Waals surface area contributed by atoms with Gasteiger partial charge < -0.3 is 24.8 Å². The summed E-state index contributed by atoms with van der Waals surface area (Å²) in [6, 6.07) is 21.2. The van der Waals surface area contributed by atoms with Crippen molar-refractivity contribution in [3.8, 4) is 0 Å². The van der Waals surface area contributed by atoms with Gasteiger partial charge in [0.2, 0.25) is 0 Å². The van der Waals surface area contributed by atoms with Gasteiger partial charge >= 0.3 is 0 Å². The maximum Gasteiger partial charge on any atom is 0.176 e. The van der Waals surface area contributed by atoms with Crippen LogP contribution in [0.1, 0.15) is 0 Å². The first-order valence-electron chi connectivity index (χ1n) is 8.29. The first kappa shape index (κ1) is 19.9. The number of nitrogens with zero attached hydrogens (tertiary/aromatic N) is 2. The molecular formula is C22H20Cl2N2. The van der Waals surface area contributed by atoms with Gasteiger partial charge in [0, 0.05) is 22.9 Å². The van der Waals surface area contributed by atoms with Gasteiger partial charge in [-0.15, -0.1) is 0 Å². The van der Waals surface area contributed by atoms with E-state index in [4.69, 9.17) is 0 Å². The summed E-state index contributed by atoms with van der Waals surface area (Å²) in [5, 5.41) is 5.11. The summed E-state index contributed by atoms with van der Waals surface area (Å²) in [6.07, 6.45) is 13.1. The average Bonchev–Trinajstić information content (AvgIpc) is 2.65. The number of aromatic nitrogens is 2. The molecule has 0 N–H and O–H groups in total. The van der Waals surface area contributed by atoms with Crippen LogP contribution < -0.4 is 33.9 Å². The van der Waals surface area contributed by atoms with E-state index in [-0.39, 0.29) is 24.8 Å². The van der Waals surface area contributed by atoms with Crippen LogP contribution in [0.4, 0.5) is 0 Å². The van der Waals surface area contributed by atoms with Crippen molar-refractivity contribution in [2.24, 2.45) is 0 Å². The third-order valence-corrected chi connectivity index (χ3v) is 4.29. The van der Waals surface area contributed by atoms with E-state index in [2.05, 4.69) is 107 Å². The molecule has 2 aromatic heterocycles. The third kappa shape index (κ3) is 4.60. The van der Waals surface area contributed by atoms with E-state index in [0.29, 0.717) is 0 Å².